The molecule has 0 saturated carbocycles. The molecule has 0 aromatic heterocycles. The Balaban J connectivity index is 1.75. The summed E-state index contributed by atoms with van der Waals surface area (Å²) in [5.41, 5.74) is 2.14. The van der Waals surface area contributed by atoms with Crippen LogP contribution in [0.2, 0.25) is 0 Å². The van der Waals surface area contributed by atoms with Crippen molar-refractivity contribution in [2.45, 2.75) is 18.4 Å². The number of hydrogen-bond donors (Lipinski definition) is 2. The van der Waals surface area contributed by atoms with Crippen LogP contribution in [-0.2, 0) is 21.9 Å². The van der Waals surface area contributed by atoms with Crippen LogP contribution < -0.4 is 5.32 Å². The summed E-state index contributed by atoms with van der Waals surface area (Å²) in [7, 11) is 0. The van der Waals surface area contributed by atoms with Crippen LogP contribution in [0.3, 0.4) is 0 Å². The first-order valence-corrected chi connectivity index (χ1v) is 8.86. The Morgan fingerprint density at radius 3 is 2.25 bits per heavy atom. The van der Waals surface area contributed by atoms with E-state index in [1.165, 1.54) is 11.8 Å². The summed E-state index contributed by atoms with van der Waals surface area (Å²) in [5, 5.41) is 12.1. The molecule has 0 unspecified atom stereocenters. The molecule has 0 fully saturated rings. The van der Waals surface area contributed by atoms with E-state index in [0.717, 1.165) is 11.1 Å². The molecule has 1 atom stereocenters. The minimum Gasteiger partial charge on any atom is -0.480 e. The van der Waals surface area contributed by atoms with Gasteiger partial charge in [-0.25, -0.2) is 4.79 Å². The molecule has 0 radical (unpaired) electrons. The molecule has 0 bridgehead atoms. The molecule has 0 aliphatic heterocycles. The maximum Gasteiger partial charge on any atom is 0.328 e. The van der Waals surface area contributed by atoms with Crippen molar-refractivity contribution < 1.29 is 14.6 Å². The highest BCUT2D eigenvalue weighted by Gasteiger charge is 2.18. The quantitative estimate of drug-likeness (QED) is 0.702. The smallest absolute Gasteiger partial charge is 0.328 e. The van der Waals surface area contributed by atoms with Crippen LogP contribution in [0.25, 0.3) is 0 Å². The highest BCUT2D eigenvalue weighted by Crippen LogP contribution is 2.13. The number of thiocarbonyl (C=S) groups is 1. The molecule has 0 amide bonds. The Labute approximate surface area is 151 Å². The molecule has 2 rings (SSSR count). The number of benzene rings is 2. The monoisotopic (exact) mass is 361 g/mol. The van der Waals surface area contributed by atoms with Gasteiger partial charge in [0.15, 0.2) is 0 Å². The van der Waals surface area contributed by atoms with Crippen LogP contribution in [0.4, 0.5) is 0 Å². The first-order valence-electron chi connectivity index (χ1n) is 7.47. The summed E-state index contributed by atoms with van der Waals surface area (Å²) >= 11 is 6.63. The van der Waals surface area contributed by atoms with E-state index in [1.807, 2.05) is 60.7 Å². The third-order valence-electron chi connectivity index (χ3n) is 3.20. The molecule has 6 heteroatoms. The van der Waals surface area contributed by atoms with E-state index in [0.29, 0.717) is 16.7 Å². The number of carboxylic acid groups (broad SMARTS) is 1. The Hall–Kier alpha value is -1.89. The third kappa shape index (κ3) is 6.70. The number of aliphatic carboxylic acids is 1. The van der Waals surface area contributed by atoms with Gasteiger partial charge in [-0.3, -0.25) is 0 Å². The standard InChI is InChI=1S/C18H19NO3S2/c20-17(21)16(12-22-11-14-7-3-1-4-8-14)19-18(23)24-13-15-9-5-2-6-10-15/h1-10,16H,11-13H2,(H,19,23)(H,20,21)/t16-/m0/s1. The predicted molar refractivity (Wildman–Crippen MR) is 101 cm³/mol. The van der Waals surface area contributed by atoms with Gasteiger partial charge in [0, 0.05) is 5.75 Å². The number of carbonyl (C=O) groups is 1. The normalized spacial score (nSPS) is 11.7. The lowest BCUT2D eigenvalue weighted by Gasteiger charge is -2.16. The molecule has 0 heterocycles. The van der Waals surface area contributed by atoms with Crippen molar-refractivity contribution in [1.82, 2.24) is 5.32 Å². The van der Waals surface area contributed by atoms with Gasteiger partial charge in [0.1, 0.15) is 10.4 Å². The van der Waals surface area contributed by atoms with Crippen molar-refractivity contribution in [3.8, 4) is 0 Å². The molecule has 2 N–H and O–H groups in total. The van der Waals surface area contributed by atoms with Gasteiger partial charge < -0.3 is 15.2 Å². The molecule has 2 aromatic carbocycles. The highest BCUT2D eigenvalue weighted by atomic mass is 32.2. The van der Waals surface area contributed by atoms with Crippen molar-refractivity contribution in [2.75, 3.05) is 6.61 Å². The highest BCUT2D eigenvalue weighted by molar-refractivity contribution is 8.22. The average molecular weight is 361 g/mol. The van der Waals surface area contributed by atoms with Gasteiger partial charge in [0.2, 0.25) is 0 Å². The molecule has 0 spiro atoms. The Bertz CT molecular complexity index is 650. The second-order valence-electron chi connectivity index (χ2n) is 5.10. The first-order chi connectivity index (χ1) is 11.6. The van der Waals surface area contributed by atoms with Crippen molar-refractivity contribution >= 4 is 34.3 Å². The summed E-state index contributed by atoms with van der Waals surface area (Å²) in [6.07, 6.45) is 0. The Morgan fingerprint density at radius 1 is 1.08 bits per heavy atom. The first kappa shape index (κ1) is 18.4. The van der Waals surface area contributed by atoms with E-state index in [9.17, 15) is 9.90 Å². The number of ether oxygens (including phenoxy) is 1. The van der Waals surface area contributed by atoms with Crippen molar-refractivity contribution in [3.63, 3.8) is 0 Å². The van der Waals surface area contributed by atoms with Gasteiger partial charge in [0.25, 0.3) is 0 Å². The van der Waals surface area contributed by atoms with Gasteiger partial charge in [-0.1, -0.05) is 84.6 Å². The summed E-state index contributed by atoms with van der Waals surface area (Å²) < 4.78 is 5.95. The molecular weight excluding hydrogens is 342 g/mol. The van der Waals surface area contributed by atoms with Crippen LogP contribution in [0.1, 0.15) is 11.1 Å². The molecular formula is C18H19NO3S2. The number of nitrogens with one attached hydrogen (secondary N) is 1. The average Bonchev–Trinajstić information content (AvgIpc) is 2.61. The van der Waals surface area contributed by atoms with E-state index >= 15 is 0 Å². The second kappa shape index (κ2) is 10.1. The Kier molecular flexibility index (Phi) is 7.74. The molecule has 4 nitrogen and oxygen atoms in total. The van der Waals surface area contributed by atoms with E-state index < -0.39 is 12.0 Å². The fraction of sp³-hybridized carbons (Fsp3) is 0.222. The Morgan fingerprint density at radius 2 is 1.67 bits per heavy atom. The predicted octanol–water partition coefficient (Wildman–Crippen LogP) is 3.46. The van der Waals surface area contributed by atoms with Gasteiger partial charge in [0.05, 0.1) is 13.2 Å². The van der Waals surface area contributed by atoms with Gasteiger partial charge >= 0.3 is 5.97 Å². The zero-order valence-electron chi connectivity index (χ0n) is 13.1. The zero-order valence-corrected chi connectivity index (χ0v) is 14.7. The summed E-state index contributed by atoms with van der Waals surface area (Å²) in [6, 6.07) is 18.7. The van der Waals surface area contributed by atoms with Gasteiger partial charge in [-0.2, -0.15) is 0 Å². The maximum atomic E-state index is 11.3. The molecule has 0 saturated heterocycles. The molecule has 0 aliphatic rings. The molecule has 126 valence electrons. The lowest BCUT2D eigenvalue weighted by atomic mass is 10.2. The summed E-state index contributed by atoms with van der Waals surface area (Å²) in [4.78, 5) is 11.3. The lowest BCUT2D eigenvalue weighted by Crippen LogP contribution is -2.42. The van der Waals surface area contributed by atoms with E-state index in [4.69, 9.17) is 17.0 Å². The van der Waals surface area contributed by atoms with Crippen molar-refractivity contribution in [1.29, 1.82) is 0 Å². The van der Waals surface area contributed by atoms with E-state index in [2.05, 4.69) is 5.32 Å². The van der Waals surface area contributed by atoms with Crippen LogP contribution in [0.15, 0.2) is 60.7 Å². The number of hydrogen-bond acceptors (Lipinski definition) is 4. The SMILES string of the molecule is O=C(O)[C@H](COCc1ccccc1)NC(=S)SCc1ccccc1. The van der Waals surface area contributed by atoms with Crippen LogP contribution in [0.5, 0.6) is 0 Å². The fourth-order valence-corrected chi connectivity index (χ4v) is 2.99. The van der Waals surface area contributed by atoms with Crippen LogP contribution in [0, 0.1) is 0 Å². The van der Waals surface area contributed by atoms with Crippen LogP contribution >= 0.6 is 24.0 Å². The third-order valence-corrected chi connectivity index (χ3v) is 4.53. The summed E-state index contributed by atoms with van der Waals surface area (Å²) in [6.45, 7) is 0.423. The zero-order chi connectivity index (χ0) is 17.2. The summed E-state index contributed by atoms with van der Waals surface area (Å²) in [5.74, 6) is -0.283. The number of carboxylic acids is 1. The molecule has 2 aromatic rings. The largest absolute Gasteiger partial charge is 0.480 e. The molecule has 24 heavy (non-hydrogen) atoms. The van der Waals surface area contributed by atoms with E-state index in [1.54, 1.807) is 0 Å². The van der Waals surface area contributed by atoms with Crippen molar-refractivity contribution in [2.24, 2.45) is 0 Å². The second-order valence-corrected chi connectivity index (χ2v) is 6.75. The van der Waals surface area contributed by atoms with Gasteiger partial charge in [-0.05, 0) is 11.1 Å². The van der Waals surface area contributed by atoms with Crippen molar-refractivity contribution in [3.05, 3.63) is 71.8 Å². The lowest BCUT2D eigenvalue weighted by molar-refractivity contribution is -0.140. The van der Waals surface area contributed by atoms with E-state index in [-0.39, 0.29) is 6.61 Å². The minimum atomic E-state index is -0.981. The van der Waals surface area contributed by atoms with Gasteiger partial charge in [-0.15, -0.1) is 0 Å². The topological polar surface area (TPSA) is 58.6 Å². The molecule has 0 aliphatic carbocycles. The fourth-order valence-electron chi connectivity index (χ4n) is 1.95. The minimum absolute atomic E-state index is 0.0518. The number of thioether (sulfide) groups is 1. The van der Waals surface area contributed by atoms with Crippen LogP contribution in [-0.4, -0.2) is 28.0 Å². The number of rotatable bonds is 8. The maximum absolute atomic E-state index is 11.3.